The summed E-state index contributed by atoms with van der Waals surface area (Å²) in [7, 11) is 1.97. The molecule has 0 unspecified atom stereocenters. The second kappa shape index (κ2) is 9.47. The average molecular weight is 242 g/mol. The topological polar surface area (TPSA) is 29.5 Å². The molecule has 2 nitrogen and oxygen atoms in total. The van der Waals surface area contributed by atoms with Crippen LogP contribution in [0.3, 0.4) is 0 Å². The largest absolute Gasteiger partial charge is 0.504 e. The molecule has 0 aliphatic rings. The second-order valence-electron chi connectivity index (χ2n) is 3.29. The summed E-state index contributed by atoms with van der Waals surface area (Å²) >= 11 is 0. The maximum absolute atomic E-state index is 8.99. The molecule has 0 bridgehead atoms. The van der Waals surface area contributed by atoms with Crippen LogP contribution in [0.4, 0.5) is 0 Å². The molecule has 0 aliphatic carbocycles. The Morgan fingerprint density at radius 3 is 1.81 bits per heavy atom. The highest BCUT2D eigenvalue weighted by Crippen LogP contribution is 2.32. The minimum absolute atomic E-state index is 0.181. The first-order valence-corrected chi connectivity index (χ1v) is 7.63. The van der Waals surface area contributed by atoms with Gasteiger partial charge in [-0.15, -0.1) is 7.92 Å². The standard InChI is InChI=1S/C7H8O2.C6H15P/c1-9-7-5-3-2-4-6(7)8;1-4-7(5-2)6-3/h2-5,8H,1H3;4-6H2,1-3H3. The first-order valence-electron chi connectivity index (χ1n) is 5.73. The first kappa shape index (κ1) is 15.2. The Bertz CT molecular complexity index is 267. The first-order chi connectivity index (χ1) is 7.69. The summed E-state index contributed by atoms with van der Waals surface area (Å²) in [5.41, 5.74) is 0. The van der Waals surface area contributed by atoms with Crippen molar-refractivity contribution in [3.8, 4) is 11.5 Å². The van der Waals surface area contributed by atoms with Crippen molar-refractivity contribution in [1.82, 2.24) is 0 Å². The van der Waals surface area contributed by atoms with Crippen LogP contribution in [0.25, 0.3) is 0 Å². The lowest BCUT2D eigenvalue weighted by Crippen LogP contribution is -1.83. The average Bonchev–Trinajstić information content (AvgIpc) is 2.33. The zero-order valence-electron chi connectivity index (χ0n) is 10.7. The molecule has 0 saturated heterocycles. The molecule has 0 amide bonds. The van der Waals surface area contributed by atoms with Crippen molar-refractivity contribution < 1.29 is 9.84 Å². The summed E-state index contributed by atoms with van der Waals surface area (Å²) in [4.78, 5) is 0. The van der Waals surface area contributed by atoms with Gasteiger partial charge in [0.05, 0.1) is 7.11 Å². The zero-order valence-corrected chi connectivity index (χ0v) is 11.6. The van der Waals surface area contributed by atoms with Crippen LogP contribution in [0.2, 0.25) is 0 Å². The molecule has 0 aliphatic heterocycles. The number of hydrogen-bond acceptors (Lipinski definition) is 2. The molecule has 0 heterocycles. The molecule has 3 heteroatoms. The fourth-order valence-electron chi connectivity index (χ4n) is 1.30. The lowest BCUT2D eigenvalue weighted by Gasteiger charge is -2.07. The summed E-state index contributed by atoms with van der Waals surface area (Å²) < 4.78 is 4.79. The van der Waals surface area contributed by atoms with Crippen molar-refractivity contribution in [1.29, 1.82) is 0 Å². The molecule has 0 aromatic heterocycles. The summed E-state index contributed by atoms with van der Waals surface area (Å²) in [6.07, 6.45) is 4.26. The van der Waals surface area contributed by atoms with Crippen molar-refractivity contribution in [3.05, 3.63) is 24.3 Å². The number of benzene rings is 1. The fraction of sp³-hybridized carbons (Fsp3) is 0.538. The predicted molar refractivity (Wildman–Crippen MR) is 73.2 cm³/mol. The maximum atomic E-state index is 8.99. The monoisotopic (exact) mass is 242 g/mol. The normalized spacial score (nSPS) is 9.56. The Hall–Kier alpha value is -0.750. The van der Waals surface area contributed by atoms with E-state index in [0.717, 1.165) is 0 Å². The lowest BCUT2D eigenvalue weighted by molar-refractivity contribution is 0.373. The van der Waals surface area contributed by atoms with Gasteiger partial charge in [0.15, 0.2) is 11.5 Å². The lowest BCUT2D eigenvalue weighted by atomic mass is 10.3. The van der Waals surface area contributed by atoms with Gasteiger partial charge < -0.3 is 9.84 Å². The predicted octanol–water partition coefficient (Wildman–Crippen LogP) is 3.93. The molecular formula is C13H23O2P. The number of para-hydroxylation sites is 2. The van der Waals surface area contributed by atoms with Gasteiger partial charge in [0.2, 0.25) is 0 Å². The summed E-state index contributed by atoms with van der Waals surface area (Å²) in [5, 5.41) is 8.99. The Kier molecular flexibility index (Phi) is 9.03. The van der Waals surface area contributed by atoms with Crippen LogP contribution in [0.5, 0.6) is 11.5 Å². The Labute approximate surface area is 100 Å². The molecule has 1 rings (SSSR count). The SMILES string of the molecule is CCP(CC)CC.COc1ccccc1O. The van der Waals surface area contributed by atoms with E-state index in [9.17, 15) is 0 Å². The zero-order chi connectivity index (χ0) is 12.4. The van der Waals surface area contributed by atoms with Crippen LogP contribution in [0, 0.1) is 0 Å². The number of hydrogen-bond donors (Lipinski definition) is 1. The molecule has 0 saturated carbocycles. The number of phenolic OH excluding ortho intramolecular Hbond substituents is 1. The van der Waals surface area contributed by atoms with Gasteiger partial charge in [-0.3, -0.25) is 0 Å². The van der Waals surface area contributed by atoms with E-state index in [1.807, 2.05) is 0 Å². The molecule has 0 fully saturated rings. The van der Waals surface area contributed by atoms with Gasteiger partial charge in [-0.05, 0) is 30.6 Å². The van der Waals surface area contributed by atoms with Crippen molar-refractivity contribution in [3.63, 3.8) is 0 Å². The summed E-state index contributed by atoms with van der Waals surface area (Å²) in [5.74, 6) is 0.692. The van der Waals surface area contributed by atoms with E-state index >= 15 is 0 Å². The van der Waals surface area contributed by atoms with Gasteiger partial charge >= 0.3 is 0 Å². The molecule has 1 N–H and O–H groups in total. The molecule has 0 spiro atoms. The van der Waals surface area contributed by atoms with E-state index in [4.69, 9.17) is 9.84 Å². The summed E-state index contributed by atoms with van der Waals surface area (Å²) in [6.45, 7) is 6.87. The van der Waals surface area contributed by atoms with Gasteiger partial charge in [0, 0.05) is 0 Å². The number of phenols is 1. The number of rotatable bonds is 4. The fourth-order valence-corrected chi connectivity index (χ4v) is 2.64. The van der Waals surface area contributed by atoms with Crippen LogP contribution in [0.15, 0.2) is 24.3 Å². The van der Waals surface area contributed by atoms with Crippen LogP contribution < -0.4 is 4.74 Å². The highest BCUT2D eigenvalue weighted by Gasteiger charge is 1.94. The molecular weight excluding hydrogens is 219 g/mol. The van der Waals surface area contributed by atoms with Crippen molar-refractivity contribution in [2.75, 3.05) is 25.6 Å². The molecule has 1 aromatic carbocycles. The summed E-state index contributed by atoms with van der Waals surface area (Å²) in [6, 6.07) is 6.84. The van der Waals surface area contributed by atoms with E-state index in [0.29, 0.717) is 13.7 Å². The van der Waals surface area contributed by atoms with Crippen molar-refractivity contribution >= 4 is 7.92 Å². The van der Waals surface area contributed by atoms with E-state index in [-0.39, 0.29) is 5.75 Å². The second-order valence-corrected chi connectivity index (χ2v) is 6.53. The maximum Gasteiger partial charge on any atom is 0.160 e. The van der Waals surface area contributed by atoms with Gasteiger partial charge in [0.25, 0.3) is 0 Å². The van der Waals surface area contributed by atoms with Gasteiger partial charge in [-0.2, -0.15) is 0 Å². The van der Waals surface area contributed by atoms with E-state index in [2.05, 4.69) is 20.8 Å². The third-order valence-corrected chi connectivity index (χ3v) is 5.11. The third-order valence-electron chi connectivity index (χ3n) is 2.43. The minimum Gasteiger partial charge on any atom is -0.504 e. The molecule has 0 radical (unpaired) electrons. The number of aromatic hydroxyl groups is 1. The Morgan fingerprint density at radius 1 is 1.06 bits per heavy atom. The molecule has 92 valence electrons. The van der Waals surface area contributed by atoms with E-state index in [1.165, 1.54) is 25.6 Å². The number of methoxy groups -OCH3 is 1. The van der Waals surface area contributed by atoms with Crippen molar-refractivity contribution in [2.24, 2.45) is 0 Å². The van der Waals surface area contributed by atoms with Crippen LogP contribution in [-0.2, 0) is 0 Å². The number of ether oxygens (including phenoxy) is 1. The highest BCUT2D eigenvalue weighted by atomic mass is 31.1. The third kappa shape index (κ3) is 5.97. The van der Waals surface area contributed by atoms with Gasteiger partial charge in [-0.1, -0.05) is 32.9 Å². The Balaban J connectivity index is 0.000000293. The molecule has 0 atom stereocenters. The smallest absolute Gasteiger partial charge is 0.160 e. The van der Waals surface area contributed by atoms with E-state index < -0.39 is 0 Å². The van der Waals surface area contributed by atoms with Crippen LogP contribution in [-0.4, -0.2) is 30.7 Å². The van der Waals surface area contributed by atoms with Crippen LogP contribution >= 0.6 is 7.92 Å². The van der Waals surface area contributed by atoms with Crippen LogP contribution in [0.1, 0.15) is 20.8 Å². The molecule has 1 aromatic rings. The van der Waals surface area contributed by atoms with E-state index in [1.54, 1.807) is 24.3 Å². The quantitative estimate of drug-likeness (QED) is 0.811. The minimum atomic E-state index is 0.181. The van der Waals surface area contributed by atoms with Crippen molar-refractivity contribution in [2.45, 2.75) is 20.8 Å². The van der Waals surface area contributed by atoms with Gasteiger partial charge in [-0.25, -0.2) is 0 Å². The molecule has 16 heavy (non-hydrogen) atoms. The highest BCUT2D eigenvalue weighted by molar-refractivity contribution is 7.57. The Morgan fingerprint density at radius 2 is 1.56 bits per heavy atom. The van der Waals surface area contributed by atoms with Gasteiger partial charge in [0.1, 0.15) is 0 Å².